The topological polar surface area (TPSA) is 64.7 Å². The zero-order valence-corrected chi connectivity index (χ0v) is 17.7. The number of halogens is 1. The van der Waals surface area contributed by atoms with Crippen molar-refractivity contribution < 1.29 is 14.0 Å². The number of aryl methyl sites for hydroxylation is 2. The molecule has 1 saturated heterocycles. The number of piperazine rings is 1. The van der Waals surface area contributed by atoms with Crippen LogP contribution >= 0.6 is 0 Å². The highest BCUT2D eigenvalue weighted by molar-refractivity contribution is 5.96. The van der Waals surface area contributed by atoms with Crippen molar-refractivity contribution in [3.05, 3.63) is 59.4 Å². The number of anilines is 2. The van der Waals surface area contributed by atoms with Gasteiger partial charge in [-0.1, -0.05) is 30.3 Å². The molecule has 0 radical (unpaired) electrons. The van der Waals surface area contributed by atoms with E-state index in [0.717, 1.165) is 16.8 Å². The maximum atomic E-state index is 14.0. The van der Waals surface area contributed by atoms with Crippen LogP contribution < -0.4 is 15.5 Å². The Bertz CT molecular complexity index is 890. The molecule has 0 bridgehead atoms. The molecule has 1 fully saturated rings. The first-order chi connectivity index (χ1) is 14.4. The molecule has 160 valence electrons. The summed E-state index contributed by atoms with van der Waals surface area (Å²) in [5, 5.41) is 5.60. The van der Waals surface area contributed by atoms with Crippen LogP contribution in [0.2, 0.25) is 0 Å². The van der Waals surface area contributed by atoms with Crippen molar-refractivity contribution in [2.75, 3.05) is 42.9 Å². The van der Waals surface area contributed by atoms with Crippen molar-refractivity contribution in [2.45, 2.75) is 26.8 Å². The van der Waals surface area contributed by atoms with E-state index in [-0.39, 0.29) is 30.2 Å². The van der Waals surface area contributed by atoms with E-state index in [2.05, 4.69) is 15.5 Å². The van der Waals surface area contributed by atoms with Crippen molar-refractivity contribution in [3.8, 4) is 0 Å². The van der Waals surface area contributed by atoms with Gasteiger partial charge < -0.3 is 15.5 Å². The van der Waals surface area contributed by atoms with Gasteiger partial charge in [0.2, 0.25) is 11.8 Å². The van der Waals surface area contributed by atoms with Gasteiger partial charge in [0.05, 0.1) is 18.3 Å². The molecule has 1 aliphatic heterocycles. The van der Waals surface area contributed by atoms with Gasteiger partial charge >= 0.3 is 0 Å². The van der Waals surface area contributed by atoms with Crippen LogP contribution in [0.15, 0.2) is 42.5 Å². The summed E-state index contributed by atoms with van der Waals surface area (Å²) in [5.41, 5.74) is 3.35. The predicted molar refractivity (Wildman–Crippen MR) is 117 cm³/mol. The zero-order valence-electron chi connectivity index (χ0n) is 17.7. The van der Waals surface area contributed by atoms with Gasteiger partial charge in [0.1, 0.15) is 5.82 Å². The van der Waals surface area contributed by atoms with Crippen LogP contribution in [0.3, 0.4) is 0 Å². The number of benzene rings is 2. The van der Waals surface area contributed by atoms with Crippen LogP contribution in [0.25, 0.3) is 0 Å². The molecule has 0 spiro atoms. The summed E-state index contributed by atoms with van der Waals surface area (Å²) in [7, 11) is 0. The van der Waals surface area contributed by atoms with Crippen molar-refractivity contribution in [2.24, 2.45) is 0 Å². The molecule has 2 amide bonds. The minimum atomic E-state index is -0.360. The SMILES string of the molecule is Cc1cccc(C)c1NC(=O)CNC(=O)[C@@H](C)N1CCN(c2ccccc2F)CC1. The normalized spacial score (nSPS) is 15.5. The van der Waals surface area contributed by atoms with E-state index in [4.69, 9.17) is 0 Å². The van der Waals surface area contributed by atoms with Crippen molar-refractivity contribution >= 4 is 23.2 Å². The molecular formula is C23H29FN4O2. The van der Waals surface area contributed by atoms with E-state index < -0.39 is 0 Å². The molecular weight excluding hydrogens is 383 g/mol. The number of carbonyl (C=O) groups is 2. The molecule has 7 heteroatoms. The first kappa shape index (κ1) is 21.8. The molecule has 2 aromatic carbocycles. The summed E-state index contributed by atoms with van der Waals surface area (Å²) in [4.78, 5) is 28.8. The zero-order chi connectivity index (χ0) is 21.7. The summed E-state index contributed by atoms with van der Waals surface area (Å²) >= 11 is 0. The Kier molecular flexibility index (Phi) is 7.05. The summed E-state index contributed by atoms with van der Waals surface area (Å²) in [6, 6.07) is 12.2. The maximum Gasteiger partial charge on any atom is 0.243 e. The molecule has 0 aliphatic carbocycles. The van der Waals surface area contributed by atoms with Crippen LogP contribution in [-0.4, -0.2) is 55.5 Å². The summed E-state index contributed by atoms with van der Waals surface area (Å²) in [6.07, 6.45) is 0. The average Bonchev–Trinajstić information content (AvgIpc) is 2.75. The molecule has 30 heavy (non-hydrogen) atoms. The Morgan fingerprint density at radius 1 is 1.00 bits per heavy atom. The first-order valence-corrected chi connectivity index (χ1v) is 10.2. The number of amides is 2. The highest BCUT2D eigenvalue weighted by Gasteiger charge is 2.26. The van der Waals surface area contributed by atoms with E-state index in [1.165, 1.54) is 6.07 Å². The lowest BCUT2D eigenvalue weighted by Crippen LogP contribution is -2.54. The lowest BCUT2D eigenvalue weighted by Gasteiger charge is -2.38. The number of nitrogens with one attached hydrogen (secondary N) is 2. The largest absolute Gasteiger partial charge is 0.367 e. The third kappa shape index (κ3) is 5.16. The second-order valence-electron chi connectivity index (χ2n) is 7.68. The van der Waals surface area contributed by atoms with Crippen LogP contribution in [0.1, 0.15) is 18.1 Å². The maximum absolute atomic E-state index is 14.0. The predicted octanol–water partition coefficient (Wildman–Crippen LogP) is 2.71. The van der Waals surface area contributed by atoms with Gasteiger partial charge in [-0.25, -0.2) is 4.39 Å². The third-order valence-corrected chi connectivity index (χ3v) is 5.60. The Labute approximate surface area is 177 Å². The van der Waals surface area contributed by atoms with Crippen molar-refractivity contribution in [1.82, 2.24) is 10.2 Å². The fourth-order valence-electron chi connectivity index (χ4n) is 3.73. The van der Waals surface area contributed by atoms with E-state index in [9.17, 15) is 14.0 Å². The lowest BCUT2D eigenvalue weighted by atomic mass is 10.1. The molecule has 3 rings (SSSR count). The number of rotatable bonds is 6. The third-order valence-electron chi connectivity index (χ3n) is 5.60. The van der Waals surface area contributed by atoms with Gasteiger partial charge in [0.15, 0.2) is 0 Å². The molecule has 2 aromatic rings. The van der Waals surface area contributed by atoms with Crippen LogP contribution in [0.4, 0.5) is 15.8 Å². The molecule has 1 aliphatic rings. The average molecular weight is 413 g/mol. The highest BCUT2D eigenvalue weighted by Crippen LogP contribution is 2.21. The molecule has 1 atom stereocenters. The number of hydrogen-bond acceptors (Lipinski definition) is 4. The Balaban J connectivity index is 1.47. The van der Waals surface area contributed by atoms with Gasteiger partial charge in [-0.05, 0) is 44.0 Å². The summed E-state index contributed by atoms with van der Waals surface area (Å²) in [6.45, 7) is 8.21. The number of carbonyl (C=O) groups excluding carboxylic acids is 2. The van der Waals surface area contributed by atoms with Gasteiger partial charge in [-0.15, -0.1) is 0 Å². The van der Waals surface area contributed by atoms with E-state index in [1.54, 1.807) is 12.1 Å². The van der Waals surface area contributed by atoms with E-state index in [1.807, 2.05) is 49.9 Å². The van der Waals surface area contributed by atoms with Gasteiger partial charge in [0.25, 0.3) is 0 Å². The summed E-state index contributed by atoms with van der Waals surface area (Å²) in [5.74, 6) is -0.671. The number of para-hydroxylation sites is 2. The standard InChI is InChI=1S/C23H29FN4O2/c1-16-7-6-8-17(2)22(16)26-21(29)15-25-23(30)18(3)27-11-13-28(14-12-27)20-10-5-4-9-19(20)24/h4-10,18H,11-15H2,1-3H3,(H,25,30)(H,26,29)/t18-/m1/s1. The number of nitrogens with zero attached hydrogens (tertiary/aromatic N) is 2. The quantitative estimate of drug-likeness (QED) is 0.766. The van der Waals surface area contributed by atoms with Crippen molar-refractivity contribution in [3.63, 3.8) is 0 Å². The fourth-order valence-corrected chi connectivity index (χ4v) is 3.73. The molecule has 1 heterocycles. The Morgan fingerprint density at radius 3 is 2.27 bits per heavy atom. The van der Waals surface area contributed by atoms with Crippen LogP contribution in [0.5, 0.6) is 0 Å². The smallest absolute Gasteiger partial charge is 0.243 e. The van der Waals surface area contributed by atoms with E-state index >= 15 is 0 Å². The number of hydrogen-bond donors (Lipinski definition) is 2. The van der Waals surface area contributed by atoms with Gasteiger partial charge in [-0.2, -0.15) is 0 Å². The second kappa shape index (κ2) is 9.71. The van der Waals surface area contributed by atoms with Crippen LogP contribution in [0, 0.1) is 19.7 Å². The summed E-state index contributed by atoms with van der Waals surface area (Å²) < 4.78 is 14.0. The Morgan fingerprint density at radius 2 is 1.63 bits per heavy atom. The fraction of sp³-hybridized carbons (Fsp3) is 0.391. The van der Waals surface area contributed by atoms with Crippen molar-refractivity contribution in [1.29, 1.82) is 0 Å². The van der Waals surface area contributed by atoms with E-state index in [0.29, 0.717) is 31.9 Å². The molecule has 0 aromatic heterocycles. The molecule has 6 nitrogen and oxygen atoms in total. The second-order valence-corrected chi connectivity index (χ2v) is 7.68. The minimum Gasteiger partial charge on any atom is -0.367 e. The lowest BCUT2D eigenvalue weighted by molar-refractivity contribution is -0.128. The van der Waals surface area contributed by atoms with Gasteiger partial charge in [-0.3, -0.25) is 14.5 Å². The Hall–Kier alpha value is -2.93. The molecule has 2 N–H and O–H groups in total. The van der Waals surface area contributed by atoms with Gasteiger partial charge in [0, 0.05) is 31.9 Å². The van der Waals surface area contributed by atoms with Crippen LogP contribution in [-0.2, 0) is 9.59 Å². The molecule has 0 unspecified atom stereocenters. The minimum absolute atomic E-state index is 0.0772. The monoisotopic (exact) mass is 412 g/mol. The first-order valence-electron chi connectivity index (χ1n) is 10.2. The molecule has 0 saturated carbocycles. The highest BCUT2D eigenvalue weighted by atomic mass is 19.1.